The molecule has 1 atom stereocenters. The van der Waals surface area contributed by atoms with Gasteiger partial charge in [-0.3, -0.25) is 14.9 Å². The van der Waals surface area contributed by atoms with Crippen molar-refractivity contribution in [3.63, 3.8) is 0 Å². The smallest absolute Gasteiger partial charge is 0.349 e. The monoisotopic (exact) mass is 392 g/mol. The van der Waals surface area contributed by atoms with E-state index in [-0.39, 0.29) is 11.4 Å². The van der Waals surface area contributed by atoms with E-state index in [4.69, 9.17) is 9.47 Å². The van der Waals surface area contributed by atoms with Crippen LogP contribution in [-0.2, 0) is 16.0 Å². The van der Waals surface area contributed by atoms with Gasteiger partial charge in [0.2, 0.25) is 0 Å². The number of amides is 1. The minimum atomic E-state index is -1.12. The van der Waals surface area contributed by atoms with E-state index in [1.807, 2.05) is 13.8 Å². The Morgan fingerprint density at radius 3 is 2.59 bits per heavy atom. The highest BCUT2D eigenvalue weighted by molar-refractivity contribution is 7.14. The number of thiophene rings is 1. The lowest BCUT2D eigenvalue weighted by atomic mass is 10.2. The molecular formula is C18H20N2O6S. The second kappa shape index (κ2) is 8.63. The van der Waals surface area contributed by atoms with Crippen LogP contribution in [0.15, 0.2) is 24.3 Å². The predicted molar refractivity (Wildman–Crippen MR) is 102 cm³/mol. The minimum Gasteiger partial charge on any atom is -0.496 e. The van der Waals surface area contributed by atoms with Gasteiger partial charge < -0.3 is 14.8 Å². The van der Waals surface area contributed by atoms with E-state index in [0.29, 0.717) is 10.6 Å². The first-order chi connectivity index (χ1) is 12.8. The van der Waals surface area contributed by atoms with Crippen LogP contribution in [0.2, 0.25) is 0 Å². The van der Waals surface area contributed by atoms with E-state index >= 15 is 0 Å². The largest absolute Gasteiger partial charge is 0.496 e. The third-order valence-electron chi connectivity index (χ3n) is 3.92. The highest BCUT2D eigenvalue weighted by Gasteiger charge is 2.24. The van der Waals surface area contributed by atoms with Gasteiger partial charge in [0.05, 0.1) is 18.1 Å². The van der Waals surface area contributed by atoms with Gasteiger partial charge >= 0.3 is 5.97 Å². The molecular weight excluding hydrogens is 372 g/mol. The van der Waals surface area contributed by atoms with Gasteiger partial charge in [-0.05, 0) is 44.0 Å². The lowest BCUT2D eigenvalue weighted by Gasteiger charge is -2.13. The SMILES string of the molecule is CCc1cc(C(=O)O[C@@H](C)C(=O)Nc2ccc(OC)cc2[N+](=O)[O-])sc1C. The molecule has 1 aromatic heterocycles. The molecule has 1 amide bonds. The summed E-state index contributed by atoms with van der Waals surface area (Å²) >= 11 is 1.31. The lowest BCUT2D eigenvalue weighted by Crippen LogP contribution is -2.30. The van der Waals surface area contributed by atoms with Gasteiger partial charge in [-0.25, -0.2) is 4.79 Å². The predicted octanol–water partition coefficient (Wildman–Crippen LogP) is 3.72. The van der Waals surface area contributed by atoms with Crippen molar-refractivity contribution in [3.8, 4) is 5.75 Å². The molecule has 2 rings (SSSR count). The maximum absolute atomic E-state index is 12.3. The normalized spacial score (nSPS) is 11.6. The Morgan fingerprint density at radius 1 is 1.33 bits per heavy atom. The third-order valence-corrected chi connectivity index (χ3v) is 4.99. The Morgan fingerprint density at radius 2 is 2.04 bits per heavy atom. The van der Waals surface area contributed by atoms with E-state index < -0.39 is 22.9 Å². The fraction of sp³-hybridized carbons (Fsp3) is 0.333. The zero-order valence-electron chi connectivity index (χ0n) is 15.4. The van der Waals surface area contributed by atoms with Crippen LogP contribution in [0.4, 0.5) is 11.4 Å². The van der Waals surface area contributed by atoms with Gasteiger partial charge in [0.25, 0.3) is 11.6 Å². The maximum Gasteiger partial charge on any atom is 0.349 e. The topological polar surface area (TPSA) is 108 Å². The number of anilines is 1. The summed E-state index contributed by atoms with van der Waals surface area (Å²) in [5.74, 6) is -0.978. The van der Waals surface area contributed by atoms with Crippen LogP contribution in [-0.4, -0.2) is 30.0 Å². The highest BCUT2D eigenvalue weighted by Crippen LogP contribution is 2.29. The molecule has 0 unspecified atom stereocenters. The molecule has 0 saturated heterocycles. The van der Waals surface area contributed by atoms with Gasteiger partial charge in [0.15, 0.2) is 6.10 Å². The first kappa shape index (κ1) is 20.4. The molecule has 0 fully saturated rings. The third kappa shape index (κ3) is 4.82. The van der Waals surface area contributed by atoms with Crippen molar-refractivity contribution in [1.82, 2.24) is 0 Å². The first-order valence-corrected chi connectivity index (χ1v) is 9.02. The van der Waals surface area contributed by atoms with Crippen LogP contribution >= 0.6 is 11.3 Å². The summed E-state index contributed by atoms with van der Waals surface area (Å²) in [6.45, 7) is 5.31. The van der Waals surface area contributed by atoms with Crippen LogP contribution < -0.4 is 10.1 Å². The highest BCUT2D eigenvalue weighted by atomic mass is 32.1. The van der Waals surface area contributed by atoms with Crippen LogP contribution in [0.1, 0.15) is 34.0 Å². The summed E-state index contributed by atoms with van der Waals surface area (Å²) in [5.41, 5.74) is 0.731. The van der Waals surface area contributed by atoms with Gasteiger partial charge in [0, 0.05) is 4.88 Å². The maximum atomic E-state index is 12.3. The van der Waals surface area contributed by atoms with Gasteiger partial charge in [-0.2, -0.15) is 0 Å². The zero-order chi connectivity index (χ0) is 20.1. The summed E-state index contributed by atoms with van der Waals surface area (Å²) < 4.78 is 10.1. The summed E-state index contributed by atoms with van der Waals surface area (Å²) in [5, 5.41) is 13.6. The number of nitrogens with zero attached hydrogens (tertiary/aromatic N) is 1. The van der Waals surface area contributed by atoms with E-state index in [1.165, 1.54) is 43.6 Å². The van der Waals surface area contributed by atoms with Crippen molar-refractivity contribution >= 4 is 34.6 Å². The number of aryl methyl sites for hydroxylation is 2. The number of nitro benzene ring substituents is 1. The van der Waals surface area contributed by atoms with E-state index in [9.17, 15) is 19.7 Å². The van der Waals surface area contributed by atoms with Gasteiger partial charge in [-0.15, -0.1) is 11.3 Å². The average Bonchev–Trinajstić information content (AvgIpc) is 3.02. The summed E-state index contributed by atoms with van der Waals surface area (Å²) in [6.07, 6.45) is -0.320. The molecule has 1 N–H and O–H groups in total. The first-order valence-electron chi connectivity index (χ1n) is 8.20. The number of nitro groups is 1. The van der Waals surface area contributed by atoms with Crippen LogP contribution in [0.25, 0.3) is 0 Å². The van der Waals surface area contributed by atoms with E-state index in [1.54, 1.807) is 6.07 Å². The molecule has 0 bridgehead atoms. The van der Waals surface area contributed by atoms with Crippen molar-refractivity contribution in [2.75, 3.05) is 12.4 Å². The molecule has 1 aromatic carbocycles. The van der Waals surface area contributed by atoms with Crippen LogP contribution in [0, 0.1) is 17.0 Å². The summed E-state index contributed by atoms with van der Waals surface area (Å²) in [7, 11) is 1.38. The molecule has 0 saturated carbocycles. The Balaban J connectivity index is 2.09. The number of carbonyl (C=O) groups is 2. The molecule has 0 spiro atoms. The summed E-state index contributed by atoms with van der Waals surface area (Å²) in [4.78, 5) is 36.5. The second-order valence-electron chi connectivity index (χ2n) is 5.72. The molecule has 1 heterocycles. The van der Waals surface area contributed by atoms with Crippen molar-refractivity contribution in [1.29, 1.82) is 0 Å². The number of nitrogens with one attached hydrogen (secondary N) is 1. The Bertz CT molecular complexity index is 877. The Labute approximate surface area is 160 Å². The van der Waals surface area contributed by atoms with E-state index in [0.717, 1.165) is 16.9 Å². The van der Waals surface area contributed by atoms with Gasteiger partial charge in [0.1, 0.15) is 16.3 Å². The van der Waals surface area contributed by atoms with E-state index in [2.05, 4.69) is 5.32 Å². The number of rotatable bonds is 7. The van der Waals surface area contributed by atoms with Gasteiger partial charge in [-0.1, -0.05) is 6.92 Å². The fourth-order valence-corrected chi connectivity index (χ4v) is 3.37. The van der Waals surface area contributed by atoms with Crippen molar-refractivity contribution in [2.24, 2.45) is 0 Å². The number of benzene rings is 1. The lowest BCUT2D eigenvalue weighted by molar-refractivity contribution is -0.384. The molecule has 0 aliphatic rings. The van der Waals surface area contributed by atoms with Crippen molar-refractivity contribution < 1.29 is 24.0 Å². The molecule has 2 aromatic rings. The second-order valence-corrected chi connectivity index (χ2v) is 6.98. The molecule has 0 radical (unpaired) electrons. The number of methoxy groups -OCH3 is 1. The number of hydrogen-bond donors (Lipinski definition) is 1. The zero-order valence-corrected chi connectivity index (χ0v) is 16.2. The van der Waals surface area contributed by atoms with Crippen LogP contribution in [0.3, 0.4) is 0 Å². The quantitative estimate of drug-likeness (QED) is 0.437. The number of esters is 1. The van der Waals surface area contributed by atoms with Crippen molar-refractivity contribution in [2.45, 2.75) is 33.3 Å². The standard InChI is InChI=1S/C18H20N2O6S/c1-5-12-8-16(27-11(12)3)18(22)26-10(2)17(21)19-14-7-6-13(25-4)9-15(14)20(23)24/h6-10H,5H2,1-4H3,(H,19,21)/t10-/m0/s1. The Kier molecular flexibility index (Phi) is 6.51. The molecule has 0 aliphatic heterocycles. The number of ether oxygens (including phenoxy) is 2. The average molecular weight is 392 g/mol. The number of hydrogen-bond acceptors (Lipinski definition) is 7. The minimum absolute atomic E-state index is 0.00561. The molecule has 144 valence electrons. The molecule has 0 aliphatic carbocycles. The molecule has 8 nitrogen and oxygen atoms in total. The number of carbonyl (C=O) groups excluding carboxylic acids is 2. The van der Waals surface area contributed by atoms with Crippen molar-refractivity contribution in [3.05, 3.63) is 49.7 Å². The summed E-state index contributed by atoms with van der Waals surface area (Å²) in [6, 6.07) is 5.80. The Hall–Kier alpha value is -2.94. The molecule has 27 heavy (non-hydrogen) atoms. The fourth-order valence-electron chi connectivity index (χ4n) is 2.37. The molecule has 9 heteroatoms. The van der Waals surface area contributed by atoms with Crippen LogP contribution in [0.5, 0.6) is 5.75 Å².